The first-order chi connectivity index (χ1) is 15.0. The van der Waals surface area contributed by atoms with Gasteiger partial charge < -0.3 is 25.8 Å². The van der Waals surface area contributed by atoms with Crippen molar-refractivity contribution in [2.45, 2.75) is 13.8 Å². The van der Waals surface area contributed by atoms with E-state index in [-0.39, 0.29) is 18.3 Å². The minimum Gasteiger partial charge on any atom is -0.462 e. The number of anilines is 5. The molecule has 1 aromatic heterocycles. The summed E-state index contributed by atoms with van der Waals surface area (Å²) < 4.78 is 10.1. The van der Waals surface area contributed by atoms with Crippen molar-refractivity contribution in [3.63, 3.8) is 0 Å². The summed E-state index contributed by atoms with van der Waals surface area (Å²) in [6.45, 7) is 4.08. The molecule has 3 rings (SSSR count). The highest BCUT2D eigenvalue weighted by Gasteiger charge is 2.15. The van der Waals surface area contributed by atoms with Crippen LogP contribution in [0.5, 0.6) is 0 Å². The molecule has 2 aromatic carbocycles. The zero-order valence-corrected chi connectivity index (χ0v) is 17.2. The van der Waals surface area contributed by atoms with E-state index in [4.69, 9.17) is 15.2 Å². The number of aromatic nitrogens is 2. The molecular formula is C22H23N5O4. The average Bonchev–Trinajstić information content (AvgIpc) is 2.77. The van der Waals surface area contributed by atoms with Gasteiger partial charge in [0.25, 0.3) is 0 Å². The predicted molar refractivity (Wildman–Crippen MR) is 118 cm³/mol. The molecular weight excluding hydrogens is 398 g/mol. The van der Waals surface area contributed by atoms with Crippen LogP contribution in [0.2, 0.25) is 0 Å². The number of hydrogen-bond donors (Lipinski definition) is 3. The van der Waals surface area contributed by atoms with Crippen molar-refractivity contribution in [3.8, 4) is 0 Å². The van der Waals surface area contributed by atoms with E-state index in [1.807, 2.05) is 0 Å². The van der Waals surface area contributed by atoms with E-state index in [0.717, 1.165) is 0 Å². The Bertz CT molecular complexity index is 1070. The minimum atomic E-state index is -0.446. The van der Waals surface area contributed by atoms with Crippen LogP contribution in [0.15, 0.2) is 54.9 Å². The summed E-state index contributed by atoms with van der Waals surface area (Å²) in [5.41, 5.74) is 8.50. The van der Waals surface area contributed by atoms with E-state index in [9.17, 15) is 9.59 Å². The lowest BCUT2D eigenvalue weighted by atomic mass is 10.1. The van der Waals surface area contributed by atoms with Crippen LogP contribution >= 0.6 is 0 Å². The number of carbonyl (C=O) groups excluding carboxylic acids is 2. The quantitative estimate of drug-likeness (QED) is 0.464. The molecule has 0 unspecified atom stereocenters. The Morgan fingerprint density at radius 2 is 1.48 bits per heavy atom. The third-order valence-corrected chi connectivity index (χ3v) is 4.22. The Kier molecular flexibility index (Phi) is 7.00. The molecule has 0 fully saturated rings. The van der Waals surface area contributed by atoms with Gasteiger partial charge in [-0.05, 0) is 50.2 Å². The van der Waals surface area contributed by atoms with Gasteiger partial charge in [0.1, 0.15) is 12.0 Å². The van der Waals surface area contributed by atoms with Crippen molar-refractivity contribution < 1.29 is 19.1 Å². The second-order valence-corrected chi connectivity index (χ2v) is 6.30. The number of rotatable bonds is 8. The smallest absolute Gasteiger partial charge is 0.340 e. The van der Waals surface area contributed by atoms with E-state index >= 15 is 0 Å². The van der Waals surface area contributed by atoms with Crippen LogP contribution in [0, 0.1) is 0 Å². The molecule has 31 heavy (non-hydrogen) atoms. The lowest BCUT2D eigenvalue weighted by Crippen LogP contribution is -2.10. The Balaban J connectivity index is 1.80. The monoisotopic (exact) mass is 421 g/mol. The number of benzene rings is 2. The Morgan fingerprint density at radius 1 is 0.871 bits per heavy atom. The highest BCUT2D eigenvalue weighted by molar-refractivity contribution is 5.97. The summed E-state index contributed by atoms with van der Waals surface area (Å²) in [6, 6.07) is 13.6. The molecule has 0 saturated heterocycles. The second kappa shape index (κ2) is 10.1. The zero-order chi connectivity index (χ0) is 22.2. The van der Waals surface area contributed by atoms with Crippen molar-refractivity contribution in [1.29, 1.82) is 0 Å². The van der Waals surface area contributed by atoms with E-state index in [1.165, 1.54) is 6.33 Å². The summed E-state index contributed by atoms with van der Waals surface area (Å²) in [5.74, 6) is -0.131. The molecule has 0 atom stereocenters. The number of esters is 2. The van der Waals surface area contributed by atoms with Crippen molar-refractivity contribution in [2.75, 3.05) is 29.6 Å². The predicted octanol–water partition coefficient (Wildman–Crippen LogP) is 3.90. The van der Waals surface area contributed by atoms with Crippen LogP contribution in [-0.4, -0.2) is 35.1 Å². The van der Waals surface area contributed by atoms with Crippen molar-refractivity contribution in [3.05, 3.63) is 66.0 Å². The number of nitrogens with two attached hydrogens (primary N) is 1. The second-order valence-electron chi connectivity index (χ2n) is 6.30. The van der Waals surface area contributed by atoms with Gasteiger partial charge >= 0.3 is 11.9 Å². The molecule has 0 spiro atoms. The van der Waals surface area contributed by atoms with Crippen LogP contribution in [0.4, 0.5) is 28.7 Å². The van der Waals surface area contributed by atoms with E-state index in [1.54, 1.807) is 62.4 Å². The van der Waals surface area contributed by atoms with Gasteiger partial charge in [0.2, 0.25) is 0 Å². The number of hydrogen-bond acceptors (Lipinski definition) is 9. The maximum Gasteiger partial charge on any atom is 0.340 e. The molecule has 0 aliphatic heterocycles. The molecule has 0 amide bonds. The van der Waals surface area contributed by atoms with Gasteiger partial charge in [-0.25, -0.2) is 19.6 Å². The van der Waals surface area contributed by atoms with Crippen molar-refractivity contribution in [1.82, 2.24) is 9.97 Å². The van der Waals surface area contributed by atoms with Gasteiger partial charge in [0.05, 0.1) is 30.0 Å². The Labute approximate surface area is 179 Å². The third-order valence-electron chi connectivity index (χ3n) is 4.22. The van der Waals surface area contributed by atoms with Crippen LogP contribution < -0.4 is 16.4 Å². The largest absolute Gasteiger partial charge is 0.462 e. The lowest BCUT2D eigenvalue weighted by Gasteiger charge is -2.14. The fraction of sp³-hybridized carbons (Fsp3) is 0.182. The van der Waals surface area contributed by atoms with Gasteiger partial charge in [-0.3, -0.25) is 0 Å². The summed E-state index contributed by atoms with van der Waals surface area (Å²) >= 11 is 0. The molecule has 4 N–H and O–H groups in total. The Hall–Kier alpha value is -4.14. The zero-order valence-electron chi connectivity index (χ0n) is 17.2. The normalized spacial score (nSPS) is 10.3. The first-order valence-electron chi connectivity index (χ1n) is 9.71. The molecule has 0 aliphatic rings. The summed E-state index contributed by atoms with van der Waals surface area (Å²) in [7, 11) is 0. The number of nitrogen functional groups attached to an aromatic ring is 1. The highest BCUT2D eigenvalue weighted by atomic mass is 16.5. The maximum absolute atomic E-state index is 12.2. The number of para-hydroxylation sites is 1. The topological polar surface area (TPSA) is 128 Å². The van der Waals surface area contributed by atoms with Crippen LogP contribution in [0.25, 0.3) is 0 Å². The van der Waals surface area contributed by atoms with Crippen LogP contribution in [0.3, 0.4) is 0 Å². The molecule has 0 saturated carbocycles. The minimum absolute atomic E-state index is 0.260. The number of nitrogens with zero attached hydrogens (tertiary/aromatic N) is 2. The SMILES string of the molecule is CCOC(=O)c1ccc(Nc2ncnc(Nc3ccccc3C(=O)OCC)c2N)cc1. The molecule has 160 valence electrons. The van der Waals surface area contributed by atoms with E-state index < -0.39 is 5.97 Å². The van der Waals surface area contributed by atoms with E-state index in [0.29, 0.717) is 40.7 Å². The summed E-state index contributed by atoms with van der Waals surface area (Å²) in [4.78, 5) is 32.3. The molecule has 0 bridgehead atoms. The maximum atomic E-state index is 12.2. The van der Waals surface area contributed by atoms with Gasteiger partial charge in [-0.15, -0.1) is 0 Å². The summed E-state index contributed by atoms with van der Waals surface area (Å²) in [6.07, 6.45) is 1.35. The average molecular weight is 421 g/mol. The fourth-order valence-corrected chi connectivity index (χ4v) is 2.74. The van der Waals surface area contributed by atoms with Crippen LogP contribution in [0.1, 0.15) is 34.6 Å². The first kappa shape index (κ1) is 21.6. The van der Waals surface area contributed by atoms with Crippen molar-refractivity contribution in [2.24, 2.45) is 0 Å². The molecule has 1 heterocycles. The molecule has 9 heteroatoms. The Morgan fingerprint density at radius 3 is 2.16 bits per heavy atom. The highest BCUT2D eigenvalue weighted by Crippen LogP contribution is 2.29. The molecule has 3 aromatic rings. The first-order valence-corrected chi connectivity index (χ1v) is 9.71. The fourth-order valence-electron chi connectivity index (χ4n) is 2.74. The summed E-state index contributed by atoms with van der Waals surface area (Å²) in [5, 5.41) is 6.16. The lowest BCUT2D eigenvalue weighted by molar-refractivity contribution is 0.0517. The van der Waals surface area contributed by atoms with E-state index in [2.05, 4.69) is 20.6 Å². The van der Waals surface area contributed by atoms with Crippen molar-refractivity contribution >= 4 is 40.6 Å². The number of ether oxygens (including phenoxy) is 2. The molecule has 0 radical (unpaired) electrons. The third kappa shape index (κ3) is 5.27. The van der Waals surface area contributed by atoms with Gasteiger partial charge in [-0.1, -0.05) is 12.1 Å². The van der Waals surface area contributed by atoms with Crippen LogP contribution in [-0.2, 0) is 9.47 Å². The molecule has 9 nitrogen and oxygen atoms in total. The number of nitrogens with one attached hydrogen (secondary N) is 2. The standard InChI is InChI=1S/C22H23N5O4/c1-3-30-21(28)14-9-11-15(12-10-14)26-19-18(23)20(25-13-24-19)27-17-8-6-5-7-16(17)22(29)31-4-2/h5-13H,3-4,23H2,1-2H3,(H2,24,25,26,27). The van der Waals surface area contributed by atoms with Gasteiger partial charge in [-0.2, -0.15) is 0 Å². The van der Waals surface area contributed by atoms with Gasteiger partial charge in [0, 0.05) is 5.69 Å². The van der Waals surface area contributed by atoms with Gasteiger partial charge in [0.15, 0.2) is 11.6 Å². The molecule has 0 aliphatic carbocycles. The number of carbonyl (C=O) groups is 2.